The first-order valence-corrected chi connectivity index (χ1v) is 6.93. The zero-order valence-electron chi connectivity index (χ0n) is 10.9. The average molecular weight is 350 g/mol. The molecule has 0 aliphatic rings. The maximum absolute atomic E-state index is 11.4. The lowest BCUT2D eigenvalue weighted by Crippen LogP contribution is -2.30. The highest BCUT2D eigenvalue weighted by molar-refractivity contribution is 6.40. The van der Waals surface area contributed by atoms with Gasteiger partial charge in [-0.1, -0.05) is 34.8 Å². The van der Waals surface area contributed by atoms with Gasteiger partial charge in [0.25, 0.3) is 0 Å². The highest BCUT2D eigenvalue weighted by Crippen LogP contribution is 2.36. The second-order valence-corrected chi connectivity index (χ2v) is 5.44. The number of aryl methyl sites for hydroxylation is 1. The van der Waals surface area contributed by atoms with Gasteiger partial charge < -0.3 is 9.15 Å². The second kappa shape index (κ2) is 6.58. The number of ether oxygens (including phenoxy) is 1. The highest BCUT2D eigenvalue weighted by Gasteiger charge is 2.16. The molecular formula is C13H11Cl3N2O3. The van der Waals surface area contributed by atoms with Gasteiger partial charge in [-0.3, -0.25) is 10.2 Å². The van der Waals surface area contributed by atoms with E-state index in [1.54, 1.807) is 13.0 Å². The number of hydrogen-bond donors (Lipinski definition) is 2. The fourth-order valence-corrected chi connectivity index (χ4v) is 2.65. The number of amides is 1. The van der Waals surface area contributed by atoms with E-state index in [1.165, 1.54) is 12.1 Å². The molecule has 1 heterocycles. The fraction of sp³-hybridized carbons (Fsp3) is 0.154. The van der Waals surface area contributed by atoms with E-state index in [2.05, 4.69) is 0 Å². The third-order valence-corrected chi connectivity index (χ3v) is 3.41. The molecule has 1 aromatic carbocycles. The van der Waals surface area contributed by atoms with Crippen LogP contribution in [0.15, 0.2) is 22.6 Å². The molecule has 0 atom stereocenters. The Balaban J connectivity index is 2.16. The molecule has 0 aliphatic carbocycles. The van der Waals surface area contributed by atoms with Crippen LogP contribution in [0, 0.1) is 6.92 Å². The summed E-state index contributed by atoms with van der Waals surface area (Å²) >= 11 is 17.8. The predicted molar refractivity (Wildman–Crippen MR) is 80.9 cm³/mol. The lowest BCUT2D eigenvalue weighted by atomic mass is 10.2. The van der Waals surface area contributed by atoms with Crippen molar-refractivity contribution in [3.63, 3.8) is 0 Å². The summed E-state index contributed by atoms with van der Waals surface area (Å²) in [5.41, 5.74) is 2.65. The smallest absolute Gasteiger partial charge is 0.301 e. The molecule has 0 radical (unpaired) electrons. The summed E-state index contributed by atoms with van der Waals surface area (Å²) in [7, 11) is 0. The van der Waals surface area contributed by atoms with Crippen LogP contribution in [-0.2, 0) is 6.61 Å². The van der Waals surface area contributed by atoms with Crippen LogP contribution >= 0.6 is 34.8 Å². The number of hydrazine groups is 1. The van der Waals surface area contributed by atoms with Crippen molar-refractivity contribution >= 4 is 40.7 Å². The number of carbonyl (C=O) groups excluding carboxylic acids is 1. The van der Waals surface area contributed by atoms with Crippen molar-refractivity contribution in [1.29, 1.82) is 0 Å². The number of hydrogen-bond acceptors (Lipinski definition) is 4. The van der Waals surface area contributed by atoms with Crippen LogP contribution < -0.4 is 16.0 Å². The van der Waals surface area contributed by atoms with Crippen molar-refractivity contribution in [1.82, 2.24) is 5.43 Å². The van der Waals surface area contributed by atoms with Gasteiger partial charge in [-0.25, -0.2) is 5.84 Å². The van der Waals surface area contributed by atoms with Gasteiger partial charge in [0.05, 0.1) is 10.0 Å². The fourth-order valence-electron chi connectivity index (χ4n) is 1.72. The lowest BCUT2D eigenvalue weighted by molar-refractivity contribution is 0.0921. The molecule has 5 nitrogen and oxygen atoms in total. The Morgan fingerprint density at radius 2 is 1.90 bits per heavy atom. The van der Waals surface area contributed by atoms with E-state index < -0.39 is 5.91 Å². The van der Waals surface area contributed by atoms with Crippen molar-refractivity contribution < 1.29 is 13.9 Å². The van der Waals surface area contributed by atoms with E-state index in [4.69, 9.17) is 49.8 Å². The summed E-state index contributed by atoms with van der Waals surface area (Å²) in [6.07, 6.45) is 0. The van der Waals surface area contributed by atoms with Gasteiger partial charge in [0.1, 0.15) is 12.4 Å². The normalized spacial score (nSPS) is 10.5. The minimum atomic E-state index is -0.513. The standard InChI is InChI=1S/C13H11Cl3N2O3/c1-6-2-8(21-11(6)13(19)18-17)5-20-12-9(15)3-7(14)4-10(12)16/h2-4H,5,17H2,1H3,(H,18,19). The third-order valence-electron chi connectivity index (χ3n) is 2.63. The maximum Gasteiger partial charge on any atom is 0.301 e. The van der Waals surface area contributed by atoms with Crippen molar-refractivity contribution in [2.75, 3.05) is 0 Å². The van der Waals surface area contributed by atoms with E-state index in [0.717, 1.165) is 0 Å². The van der Waals surface area contributed by atoms with E-state index in [-0.39, 0.29) is 22.4 Å². The SMILES string of the molecule is Cc1cc(COc2c(Cl)cc(Cl)cc2Cl)oc1C(=O)NN. The molecule has 0 spiro atoms. The summed E-state index contributed by atoms with van der Waals surface area (Å²) in [5, 5.41) is 0.986. The van der Waals surface area contributed by atoms with Crippen molar-refractivity contribution in [3.05, 3.63) is 50.4 Å². The Kier molecular flexibility index (Phi) is 5.00. The van der Waals surface area contributed by atoms with Gasteiger partial charge in [-0.05, 0) is 25.1 Å². The van der Waals surface area contributed by atoms with Crippen LogP contribution in [0.5, 0.6) is 5.75 Å². The lowest BCUT2D eigenvalue weighted by Gasteiger charge is -2.08. The van der Waals surface area contributed by atoms with Gasteiger partial charge >= 0.3 is 5.91 Å². The number of nitrogens with two attached hydrogens (primary N) is 1. The largest absolute Gasteiger partial charge is 0.483 e. The maximum atomic E-state index is 11.4. The van der Waals surface area contributed by atoms with E-state index in [9.17, 15) is 4.79 Å². The van der Waals surface area contributed by atoms with Gasteiger partial charge in [0, 0.05) is 10.6 Å². The number of halogens is 3. The minimum absolute atomic E-state index is 0.0553. The molecule has 1 aromatic heterocycles. The van der Waals surface area contributed by atoms with Gasteiger partial charge in [0.2, 0.25) is 0 Å². The average Bonchev–Trinajstić information content (AvgIpc) is 2.78. The van der Waals surface area contributed by atoms with Crippen molar-refractivity contribution in [2.45, 2.75) is 13.5 Å². The quantitative estimate of drug-likeness (QED) is 0.501. The molecule has 2 aromatic rings. The number of rotatable bonds is 4. The molecule has 0 saturated heterocycles. The molecule has 21 heavy (non-hydrogen) atoms. The first kappa shape index (κ1) is 16.0. The Bertz CT molecular complexity index is 662. The molecule has 2 rings (SSSR count). The van der Waals surface area contributed by atoms with E-state index in [0.29, 0.717) is 22.1 Å². The highest BCUT2D eigenvalue weighted by atomic mass is 35.5. The molecule has 0 saturated carbocycles. The van der Waals surface area contributed by atoms with Crippen LogP contribution in [0.25, 0.3) is 0 Å². The molecule has 3 N–H and O–H groups in total. The number of nitrogen functional groups attached to an aromatic ring is 1. The molecule has 0 fully saturated rings. The summed E-state index contributed by atoms with van der Waals surface area (Å²) < 4.78 is 10.9. The second-order valence-electron chi connectivity index (χ2n) is 4.19. The summed E-state index contributed by atoms with van der Waals surface area (Å²) in [6.45, 7) is 1.78. The van der Waals surface area contributed by atoms with Crippen molar-refractivity contribution in [3.8, 4) is 5.75 Å². The minimum Gasteiger partial charge on any atom is -0.483 e. The molecule has 112 valence electrons. The Labute approximate surface area is 135 Å². The van der Waals surface area contributed by atoms with Crippen molar-refractivity contribution in [2.24, 2.45) is 5.84 Å². The number of furan rings is 1. The van der Waals surface area contributed by atoms with Gasteiger partial charge in [0.15, 0.2) is 11.5 Å². The Hall–Kier alpha value is -1.40. The Morgan fingerprint density at radius 3 is 2.48 bits per heavy atom. The predicted octanol–water partition coefficient (Wildman–Crippen LogP) is 3.73. The first-order valence-electron chi connectivity index (χ1n) is 5.80. The molecule has 0 aliphatic heterocycles. The van der Waals surface area contributed by atoms with E-state index in [1.807, 2.05) is 5.43 Å². The number of nitrogens with one attached hydrogen (secondary N) is 1. The first-order chi connectivity index (χ1) is 9.92. The van der Waals surface area contributed by atoms with E-state index >= 15 is 0 Å². The molecule has 8 heteroatoms. The summed E-state index contributed by atoms with van der Waals surface area (Å²) in [6, 6.07) is 4.71. The zero-order valence-corrected chi connectivity index (χ0v) is 13.1. The Morgan fingerprint density at radius 1 is 1.29 bits per heavy atom. The topological polar surface area (TPSA) is 77.5 Å². The molecular weight excluding hydrogens is 339 g/mol. The zero-order chi connectivity index (χ0) is 15.6. The van der Waals surface area contributed by atoms with Crippen LogP contribution in [0.3, 0.4) is 0 Å². The van der Waals surface area contributed by atoms with Crippen LogP contribution in [0.1, 0.15) is 21.9 Å². The summed E-state index contributed by atoms with van der Waals surface area (Å²) in [5.74, 6) is 5.41. The summed E-state index contributed by atoms with van der Waals surface area (Å²) in [4.78, 5) is 11.4. The van der Waals surface area contributed by atoms with Gasteiger partial charge in [-0.15, -0.1) is 0 Å². The number of benzene rings is 1. The van der Waals surface area contributed by atoms with Crippen LogP contribution in [0.2, 0.25) is 15.1 Å². The van der Waals surface area contributed by atoms with Gasteiger partial charge in [-0.2, -0.15) is 0 Å². The molecule has 1 amide bonds. The molecule has 0 bridgehead atoms. The molecule has 0 unspecified atom stereocenters. The van der Waals surface area contributed by atoms with Crippen LogP contribution in [-0.4, -0.2) is 5.91 Å². The number of carbonyl (C=O) groups is 1. The third kappa shape index (κ3) is 3.63. The monoisotopic (exact) mass is 348 g/mol. The van der Waals surface area contributed by atoms with Crippen LogP contribution in [0.4, 0.5) is 0 Å².